The molecule has 1 heterocycles. The maximum absolute atomic E-state index is 4.27. The minimum absolute atomic E-state index is 0.0212. The van der Waals surface area contributed by atoms with Crippen molar-refractivity contribution in [3.63, 3.8) is 0 Å². The number of fused-ring (bicyclic) bond motifs is 3. The number of hydrogen-bond acceptors (Lipinski definition) is 0. The second-order valence-electron chi connectivity index (χ2n) is 19.8. The van der Waals surface area contributed by atoms with E-state index >= 15 is 0 Å². The lowest BCUT2D eigenvalue weighted by Gasteiger charge is -2.29. The third-order valence-electron chi connectivity index (χ3n) is 9.99. The van der Waals surface area contributed by atoms with Gasteiger partial charge >= 0.3 is 0 Å². The molecule has 0 unspecified atom stereocenters. The van der Waals surface area contributed by atoms with Crippen LogP contribution < -0.4 is 0 Å². The molecule has 0 bridgehead atoms. The number of hydrogen-bond donors (Lipinski definition) is 0. The van der Waals surface area contributed by atoms with Crippen LogP contribution in [0.1, 0.15) is 126 Å². The van der Waals surface area contributed by atoms with Crippen LogP contribution in [-0.4, -0.2) is 4.57 Å². The minimum Gasteiger partial charge on any atom is -0.309 e. The summed E-state index contributed by atoms with van der Waals surface area (Å²) in [6.45, 7) is 39.1. The van der Waals surface area contributed by atoms with Crippen LogP contribution in [0.2, 0.25) is 0 Å². The first-order valence-corrected chi connectivity index (χ1v) is 18.8. The van der Waals surface area contributed by atoms with Crippen molar-refractivity contribution < 1.29 is 0 Å². The summed E-state index contributed by atoms with van der Waals surface area (Å²) in [6.07, 6.45) is 6.88. The Kier molecular flexibility index (Phi) is 9.83. The zero-order chi connectivity index (χ0) is 37.9. The molecule has 0 spiro atoms. The van der Waals surface area contributed by atoms with Crippen molar-refractivity contribution >= 4 is 27.4 Å². The summed E-state index contributed by atoms with van der Waals surface area (Å²) in [7, 11) is 0. The molecule has 51 heavy (non-hydrogen) atoms. The lowest BCUT2D eigenvalue weighted by Crippen LogP contribution is -2.17. The van der Waals surface area contributed by atoms with Crippen LogP contribution in [-0.2, 0) is 16.2 Å². The van der Waals surface area contributed by atoms with Crippen molar-refractivity contribution in [3.05, 3.63) is 131 Å². The van der Waals surface area contributed by atoms with Crippen LogP contribution >= 0.6 is 0 Å². The first-order valence-electron chi connectivity index (χ1n) is 18.8. The maximum Gasteiger partial charge on any atom is 0.0547 e. The predicted octanol–water partition coefficient (Wildman–Crippen LogP) is 14.9. The first-order chi connectivity index (χ1) is 23.4. The zero-order valence-electron chi connectivity index (χ0n) is 34.4. The van der Waals surface area contributed by atoms with Crippen molar-refractivity contribution in [1.29, 1.82) is 0 Å². The quantitative estimate of drug-likeness (QED) is 0.163. The van der Waals surface area contributed by atoms with Crippen molar-refractivity contribution in [2.24, 2.45) is 10.8 Å². The maximum atomic E-state index is 4.27. The van der Waals surface area contributed by atoms with E-state index in [0.29, 0.717) is 0 Å². The van der Waals surface area contributed by atoms with E-state index in [-0.39, 0.29) is 27.1 Å². The van der Waals surface area contributed by atoms with E-state index in [4.69, 9.17) is 0 Å². The average Bonchev–Trinajstić information content (AvgIpc) is 3.34. The number of nitrogens with zero attached hydrogens (tertiary/aromatic N) is 1. The van der Waals surface area contributed by atoms with Gasteiger partial charge in [-0.1, -0.05) is 183 Å². The fraction of sp³-hybridized carbons (Fsp3) is 0.400. The molecule has 1 aromatic heterocycles. The Morgan fingerprint density at radius 3 is 1.65 bits per heavy atom. The summed E-state index contributed by atoms with van der Waals surface area (Å²) in [5, 5.41) is 2.63. The Morgan fingerprint density at radius 1 is 0.588 bits per heavy atom. The highest BCUT2D eigenvalue weighted by Crippen LogP contribution is 2.47. The molecule has 268 valence electrons. The SMILES string of the molecule is C=C/C(=C\C(=C/C(C)(C)C)c1cccc2c1c1c(C(C)(C)C)c(-c3cc(C(C)(C)C)cc(C(C)(C)C)c3)ccc1n2-c1ccccc1)C(C)(C)C. The highest BCUT2D eigenvalue weighted by molar-refractivity contribution is 6.17. The summed E-state index contributed by atoms with van der Waals surface area (Å²) in [5.41, 5.74) is 13.9. The second kappa shape index (κ2) is 13.1. The molecule has 1 heteroatoms. The molecule has 0 radical (unpaired) electrons. The highest BCUT2D eigenvalue weighted by atomic mass is 15.0. The normalized spacial score (nSPS) is 14.1. The average molecular weight is 678 g/mol. The fourth-order valence-electron chi connectivity index (χ4n) is 7.33. The second-order valence-corrected chi connectivity index (χ2v) is 19.8. The minimum atomic E-state index is -0.154. The Hall–Kier alpha value is -4.10. The largest absolute Gasteiger partial charge is 0.309 e. The molecule has 0 aliphatic heterocycles. The van der Waals surface area contributed by atoms with Gasteiger partial charge in [0.1, 0.15) is 0 Å². The smallest absolute Gasteiger partial charge is 0.0547 e. The molecule has 4 aromatic carbocycles. The summed E-state index contributed by atoms with van der Waals surface area (Å²) in [4.78, 5) is 0. The van der Waals surface area contributed by atoms with Crippen LogP contribution in [0.25, 0.3) is 44.2 Å². The monoisotopic (exact) mass is 677 g/mol. The van der Waals surface area contributed by atoms with E-state index in [1.807, 2.05) is 6.08 Å². The van der Waals surface area contributed by atoms with Crippen LogP contribution in [0.5, 0.6) is 0 Å². The van der Waals surface area contributed by atoms with Gasteiger partial charge in [0.15, 0.2) is 0 Å². The topological polar surface area (TPSA) is 4.93 Å². The summed E-state index contributed by atoms with van der Waals surface area (Å²) in [6, 6.07) is 29.9. The highest BCUT2D eigenvalue weighted by Gasteiger charge is 2.30. The third kappa shape index (κ3) is 7.89. The molecule has 1 nitrogen and oxygen atoms in total. The third-order valence-corrected chi connectivity index (χ3v) is 9.99. The number of aromatic nitrogens is 1. The van der Waals surface area contributed by atoms with Crippen molar-refractivity contribution in [2.75, 3.05) is 0 Å². The van der Waals surface area contributed by atoms with Gasteiger partial charge in [-0.2, -0.15) is 0 Å². The van der Waals surface area contributed by atoms with Gasteiger partial charge in [0.2, 0.25) is 0 Å². The van der Waals surface area contributed by atoms with Crippen molar-refractivity contribution in [2.45, 2.75) is 120 Å². The van der Waals surface area contributed by atoms with Gasteiger partial charge in [0.05, 0.1) is 11.0 Å². The Morgan fingerprint density at radius 2 is 1.16 bits per heavy atom. The van der Waals surface area contributed by atoms with Crippen molar-refractivity contribution in [3.8, 4) is 16.8 Å². The van der Waals surface area contributed by atoms with E-state index in [9.17, 15) is 0 Å². The predicted molar refractivity (Wildman–Crippen MR) is 227 cm³/mol. The summed E-state index contributed by atoms with van der Waals surface area (Å²) >= 11 is 0. The van der Waals surface area contributed by atoms with E-state index < -0.39 is 0 Å². The lowest BCUT2D eigenvalue weighted by atomic mass is 9.75. The summed E-state index contributed by atoms with van der Waals surface area (Å²) in [5.74, 6) is 0. The van der Waals surface area contributed by atoms with E-state index in [1.54, 1.807) is 0 Å². The molecule has 0 aliphatic rings. The van der Waals surface area contributed by atoms with Gasteiger partial charge in [0.25, 0.3) is 0 Å². The number of allylic oxidation sites excluding steroid dienone is 5. The summed E-state index contributed by atoms with van der Waals surface area (Å²) < 4.78 is 2.48. The molecule has 0 atom stereocenters. The van der Waals surface area contributed by atoms with E-state index in [2.05, 4.69) is 206 Å². The number of rotatable bonds is 5. The molecule has 0 saturated heterocycles. The van der Waals surface area contributed by atoms with Crippen LogP contribution in [0.15, 0.2) is 109 Å². The Bertz CT molecular complexity index is 2110. The number of benzene rings is 4. The molecule has 0 amide bonds. The van der Waals surface area contributed by atoms with Gasteiger partial charge in [-0.25, -0.2) is 0 Å². The molecule has 5 rings (SSSR count). The van der Waals surface area contributed by atoms with Gasteiger partial charge < -0.3 is 4.57 Å². The number of para-hydroxylation sites is 1. The van der Waals surface area contributed by atoms with Gasteiger partial charge in [-0.05, 0) is 95.9 Å². The molecule has 0 saturated carbocycles. The Balaban J connectivity index is 2.07. The fourth-order valence-corrected chi connectivity index (χ4v) is 7.33. The molecule has 0 fully saturated rings. The Labute approximate surface area is 310 Å². The van der Waals surface area contributed by atoms with Gasteiger partial charge in [-0.3, -0.25) is 0 Å². The van der Waals surface area contributed by atoms with Crippen LogP contribution in [0.4, 0.5) is 0 Å². The molecule has 0 aliphatic carbocycles. The zero-order valence-corrected chi connectivity index (χ0v) is 34.4. The van der Waals surface area contributed by atoms with Crippen molar-refractivity contribution in [1.82, 2.24) is 4.57 Å². The molecule has 0 N–H and O–H groups in total. The molecule has 5 aromatic rings. The van der Waals surface area contributed by atoms with E-state index in [1.165, 1.54) is 72.0 Å². The lowest BCUT2D eigenvalue weighted by molar-refractivity contribution is 0.517. The van der Waals surface area contributed by atoms with Crippen LogP contribution in [0.3, 0.4) is 0 Å². The molecular formula is C50H63N. The van der Waals surface area contributed by atoms with Gasteiger partial charge in [-0.15, -0.1) is 0 Å². The standard InChI is InChI=1S/C50H63N/c1-17-35(47(5,6)7)30-34(32-46(2,3)4)39-24-21-25-41-43(39)44-42(51(41)38-22-19-18-20-23-38)27-26-40(45(44)50(14,15)16)33-28-36(48(8,9)10)31-37(29-33)49(11,12)13/h17-32H,1H2,2-16H3/b34-32+,35-30+. The van der Waals surface area contributed by atoms with Gasteiger partial charge in [0, 0.05) is 16.5 Å². The van der Waals surface area contributed by atoms with Crippen LogP contribution in [0, 0.1) is 10.8 Å². The first kappa shape index (κ1) is 38.1. The molecular weight excluding hydrogens is 615 g/mol. The van der Waals surface area contributed by atoms with E-state index in [0.717, 1.165) is 0 Å².